The number of sulfonamides is 1. The van der Waals surface area contributed by atoms with Crippen LogP contribution in [0.5, 0.6) is 0 Å². The molecular weight excluding hydrogens is 290 g/mol. The van der Waals surface area contributed by atoms with Crippen molar-refractivity contribution in [1.29, 1.82) is 0 Å². The summed E-state index contributed by atoms with van der Waals surface area (Å²) in [6.07, 6.45) is 7.90. The van der Waals surface area contributed by atoms with Crippen LogP contribution in [0.3, 0.4) is 0 Å². The molecule has 1 aliphatic carbocycles. The topological polar surface area (TPSA) is 69.7 Å². The summed E-state index contributed by atoms with van der Waals surface area (Å²) >= 11 is 0. The zero-order chi connectivity index (χ0) is 15.3. The van der Waals surface area contributed by atoms with E-state index in [1.807, 2.05) is 0 Å². The van der Waals surface area contributed by atoms with E-state index in [9.17, 15) is 13.2 Å². The summed E-state index contributed by atoms with van der Waals surface area (Å²) in [5.41, 5.74) is 0. The highest BCUT2D eigenvalue weighted by Crippen LogP contribution is 2.17. The standard InChI is InChI=1S/C14H27N3O3S/c1-21(19,20)17-9-5-8-16(10-11-17)12-14(18)15-13-6-3-2-4-7-13/h13H,2-12H2,1H3,(H,15,18). The van der Waals surface area contributed by atoms with Gasteiger partial charge in [0.05, 0.1) is 12.8 Å². The van der Waals surface area contributed by atoms with E-state index in [-0.39, 0.29) is 5.91 Å². The highest BCUT2D eigenvalue weighted by molar-refractivity contribution is 7.88. The second kappa shape index (κ2) is 7.56. The first kappa shape index (κ1) is 16.7. The first-order chi connectivity index (χ1) is 9.95. The largest absolute Gasteiger partial charge is 0.352 e. The van der Waals surface area contributed by atoms with Gasteiger partial charge in [-0.2, -0.15) is 0 Å². The summed E-state index contributed by atoms with van der Waals surface area (Å²) in [7, 11) is -3.12. The molecule has 0 aromatic heterocycles. The number of carbonyl (C=O) groups excluding carboxylic acids is 1. The van der Waals surface area contributed by atoms with E-state index in [0.29, 0.717) is 32.2 Å². The van der Waals surface area contributed by atoms with Gasteiger partial charge in [0.2, 0.25) is 15.9 Å². The van der Waals surface area contributed by atoms with Crippen molar-refractivity contribution in [2.45, 2.75) is 44.6 Å². The Bertz CT molecular complexity index is 446. The highest BCUT2D eigenvalue weighted by Gasteiger charge is 2.23. The van der Waals surface area contributed by atoms with Gasteiger partial charge in [-0.05, 0) is 25.8 Å². The van der Waals surface area contributed by atoms with Gasteiger partial charge in [0.1, 0.15) is 0 Å². The Morgan fingerprint density at radius 2 is 1.76 bits per heavy atom. The molecule has 2 aliphatic rings. The molecule has 2 fully saturated rings. The molecule has 6 nitrogen and oxygen atoms in total. The van der Waals surface area contributed by atoms with Crippen molar-refractivity contribution in [3.8, 4) is 0 Å². The van der Waals surface area contributed by atoms with Crippen molar-refractivity contribution < 1.29 is 13.2 Å². The van der Waals surface area contributed by atoms with Crippen LogP contribution in [0, 0.1) is 0 Å². The van der Waals surface area contributed by atoms with Crippen LogP contribution in [0.25, 0.3) is 0 Å². The van der Waals surface area contributed by atoms with Gasteiger partial charge in [-0.3, -0.25) is 9.69 Å². The zero-order valence-corrected chi connectivity index (χ0v) is 13.7. The van der Waals surface area contributed by atoms with Gasteiger partial charge in [0.25, 0.3) is 0 Å². The van der Waals surface area contributed by atoms with Crippen molar-refractivity contribution in [1.82, 2.24) is 14.5 Å². The molecule has 2 rings (SSSR count). The first-order valence-corrected chi connectivity index (χ1v) is 9.77. The summed E-state index contributed by atoms with van der Waals surface area (Å²) in [6.45, 7) is 2.83. The van der Waals surface area contributed by atoms with Crippen molar-refractivity contribution in [3.63, 3.8) is 0 Å². The maximum absolute atomic E-state index is 12.1. The van der Waals surface area contributed by atoms with Crippen LogP contribution < -0.4 is 5.32 Å². The number of carbonyl (C=O) groups is 1. The first-order valence-electron chi connectivity index (χ1n) is 7.92. The Balaban J connectivity index is 1.76. The summed E-state index contributed by atoms with van der Waals surface area (Å²) in [4.78, 5) is 14.1. The van der Waals surface area contributed by atoms with Gasteiger partial charge >= 0.3 is 0 Å². The lowest BCUT2D eigenvalue weighted by Crippen LogP contribution is -2.44. The lowest BCUT2D eigenvalue weighted by molar-refractivity contribution is -0.123. The van der Waals surface area contributed by atoms with Gasteiger partial charge in [-0.1, -0.05) is 19.3 Å². The van der Waals surface area contributed by atoms with E-state index in [0.717, 1.165) is 25.8 Å². The van der Waals surface area contributed by atoms with Gasteiger partial charge in [0.15, 0.2) is 0 Å². The molecule has 0 atom stereocenters. The number of hydrogen-bond donors (Lipinski definition) is 1. The third kappa shape index (κ3) is 5.56. The normalized spacial score (nSPS) is 23.7. The van der Waals surface area contributed by atoms with Gasteiger partial charge < -0.3 is 5.32 Å². The Hall–Kier alpha value is -0.660. The Morgan fingerprint density at radius 1 is 1.05 bits per heavy atom. The third-order valence-electron chi connectivity index (χ3n) is 4.35. The van der Waals surface area contributed by atoms with Crippen LogP contribution in [-0.2, 0) is 14.8 Å². The number of nitrogens with zero attached hydrogens (tertiary/aromatic N) is 2. The molecule has 21 heavy (non-hydrogen) atoms. The fraction of sp³-hybridized carbons (Fsp3) is 0.929. The van der Waals surface area contributed by atoms with Crippen LogP contribution in [-0.4, -0.2) is 68.6 Å². The molecule has 0 aromatic carbocycles. The Labute approximate surface area is 127 Å². The fourth-order valence-electron chi connectivity index (χ4n) is 3.16. The molecule has 0 aromatic rings. The molecule has 1 N–H and O–H groups in total. The predicted octanol–water partition coefficient (Wildman–Crippen LogP) is 0.403. The smallest absolute Gasteiger partial charge is 0.234 e. The summed E-state index contributed by atoms with van der Waals surface area (Å²) in [5.74, 6) is 0.0784. The number of amides is 1. The van der Waals surface area contributed by atoms with E-state index in [1.54, 1.807) is 0 Å². The highest BCUT2D eigenvalue weighted by atomic mass is 32.2. The van der Waals surface area contributed by atoms with Crippen LogP contribution in [0.15, 0.2) is 0 Å². The van der Waals surface area contributed by atoms with Crippen molar-refractivity contribution in [2.75, 3.05) is 39.0 Å². The maximum Gasteiger partial charge on any atom is 0.234 e. The minimum atomic E-state index is -3.12. The summed E-state index contributed by atoms with van der Waals surface area (Å²) in [6, 6.07) is 0.339. The molecule has 0 radical (unpaired) electrons. The lowest BCUT2D eigenvalue weighted by Gasteiger charge is -2.25. The fourth-order valence-corrected chi connectivity index (χ4v) is 4.03. The van der Waals surface area contributed by atoms with Gasteiger partial charge in [-0.15, -0.1) is 0 Å². The summed E-state index contributed by atoms with van der Waals surface area (Å²) < 4.78 is 24.6. The summed E-state index contributed by atoms with van der Waals surface area (Å²) in [5, 5.41) is 3.12. The molecule has 0 unspecified atom stereocenters. The third-order valence-corrected chi connectivity index (χ3v) is 5.66. The maximum atomic E-state index is 12.1. The van der Waals surface area contributed by atoms with Crippen molar-refractivity contribution in [3.05, 3.63) is 0 Å². The van der Waals surface area contributed by atoms with Crippen LogP contribution in [0.1, 0.15) is 38.5 Å². The van der Waals surface area contributed by atoms with Crippen molar-refractivity contribution >= 4 is 15.9 Å². The number of rotatable bonds is 4. The molecule has 0 spiro atoms. The monoisotopic (exact) mass is 317 g/mol. The quantitative estimate of drug-likeness (QED) is 0.815. The van der Waals surface area contributed by atoms with Crippen LogP contribution in [0.2, 0.25) is 0 Å². The lowest BCUT2D eigenvalue weighted by atomic mass is 9.95. The van der Waals surface area contributed by atoms with E-state index in [2.05, 4.69) is 10.2 Å². The molecule has 122 valence electrons. The minimum absolute atomic E-state index is 0.0784. The zero-order valence-electron chi connectivity index (χ0n) is 12.9. The van der Waals surface area contributed by atoms with Crippen LogP contribution >= 0.6 is 0 Å². The molecule has 1 heterocycles. The Kier molecular flexibility index (Phi) is 6.01. The molecular formula is C14H27N3O3S. The Morgan fingerprint density at radius 3 is 2.43 bits per heavy atom. The van der Waals surface area contributed by atoms with Gasteiger partial charge in [-0.25, -0.2) is 12.7 Å². The van der Waals surface area contributed by atoms with E-state index in [4.69, 9.17) is 0 Å². The second-order valence-corrected chi connectivity index (χ2v) is 8.18. The van der Waals surface area contributed by atoms with E-state index < -0.39 is 10.0 Å². The predicted molar refractivity (Wildman–Crippen MR) is 82.5 cm³/mol. The SMILES string of the molecule is CS(=O)(=O)N1CCCN(CC(=O)NC2CCCCC2)CC1. The second-order valence-electron chi connectivity index (χ2n) is 6.19. The molecule has 1 amide bonds. The molecule has 1 saturated carbocycles. The molecule has 1 aliphatic heterocycles. The average molecular weight is 317 g/mol. The van der Waals surface area contributed by atoms with E-state index >= 15 is 0 Å². The van der Waals surface area contributed by atoms with Crippen molar-refractivity contribution in [2.24, 2.45) is 0 Å². The van der Waals surface area contributed by atoms with E-state index in [1.165, 1.54) is 29.8 Å². The average Bonchev–Trinajstić information content (AvgIpc) is 2.65. The number of hydrogen-bond acceptors (Lipinski definition) is 4. The number of nitrogens with one attached hydrogen (secondary N) is 1. The molecule has 1 saturated heterocycles. The minimum Gasteiger partial charge on any atom is -0.352 e. The van der Waals surface area contributed by atoms with Gasteiger partial charge in [0, 0.05) is 25.7 Å². The molecule has 0 bridgehead atoms. The van der Waals surface area contributed by atoms with Crippen LogP contribution in [0.4, 0.5) is 0 Å². The molecule has 7 heteroatoms.